The van der Waals surface area contributed by atoms with Gasteiger partial charge in [0.1, 0.15) is 16.6 Å². The lowest BCUT2D eigenvalue weighted by Gasteiger charge is -2.09. The van der Waals surface area contributed by atoms with Crippen LogP contribution in [-0.4, -0.2) is 16.0 Å². The first kappa shape index (κ1) is 15.6. The molecule has 0 heterocycles. The van der Waals surface area contributed by atoms with Crippen molar-refractivity contribution >= 4 is 51.4 Å². The Morgan fingerprint density at radius 3 is 2.62 bits per heavy atom. The SMILES string of the molecule is NC(=S)c1ccc(NC(=O)c2cc(I)ccc2O)c(F)c1. The highest BCUT2D eigenvalue weighted by molar-refractivity contribution is 14.1. The summed E-state index contributed by atoms with van der Waals surface area (Å²) in [5.41, 5.74) is 5.83. The molecule has 0 spiro atoms. The molecule has 4 nitrogen and oxygen atoms in total. The Labute approximate surface area is 139 Å². The fourth-order valence-electron chi connectivity index (χ4n) is 1.65. The van der Waals surface area contributed by atoms with Gasteiger partial charge in [-0.1, -0.05) is 12.2 Å². The molecule has 2 rings (SSSR count). The summed E-state index contributed by atoms with van der Waals surface area (Å²) >= 11 is 6.76. The number of rotatable bonds is 3. The van der Waals surface area contributed by atoms with Crippen LogP contribution in [0.4, 0.5) is 10.1 Å². The van der Waals surface area contributed by atoms with Gasteiger partial charge in [0.05, 0.1) is 11.3 Å². The zero-order valence-electron chi connectivity index (χ0n) is 10.6. The molecule has 0 unspecified atom stereocenters. The standard InChI is InChI=1S/C14H10FIN2O2S/c15-10-5-7(13(17)21)1-3-11(10)18-14(20)9-6-8(16)2-4-12(9)19/h1-6,19H,(H2,17,21)(H,18,20). The van der Waals surface area contributed by atoms with Crippen molar-refractivity contribution in [2.75, 3.05) is 5.32 Å². The number of amides is 1. The zero-order chi connectivity index (χ0) is 15.6. The van der Waals surface area contributed by atoms with Crippen LogP contribution in [0, 0.1) is 9.39 Å². The fraction of sp³-hybridized carbons (Fsp3) is 0. The lowest BCUT2D eigenvalue weighted by Crippen LogP contribution is -2.15. The molecular formula is C14H10FIN2O2S. The predicted octanol–water partition coefficient (Wildman–Crippen LogP) is 3.02. The molecule has 2 aromatic rings. The van der Waals surface area contributed by atoms with Gasteiger partial charge in [-0.25, -0.2) is 4.39 Å². The molecule has 0 aromatic heterocycles. The van der Waals surface area contributed by atoms with Crippen molar-refractivity contribution in [1.82, 2.24) is 0 Å². The first-order valence-corrected chi connectivity index (χ1v) is 7.26. The number of nitrogens with two attached hydrogens (primary N) is 1. The molecule has 0 aliphatic carbocycles. The van der Waals surface area contributed by atoms with E-state index in [0.29, 0.717) is 5.56 Å². The summed E-state index contributed by atoms with van der Waals surface area (Å²) in [6.07, 6.45) is 0. The minimum atomic E-state index is -0.654. The number of nitrogens with one attached hydrogen (secondary N) is 1. The first-order valence-electron chi connectivity index (χ1n) is 5.77. The number of phenols is 1. The number of carbonyl (C=O) groups excluding carboxylic acids is 1. The van der Waals surface area contributed by atoms with Crippen LogP contribution in [0.2, 0.25) is 0 Å². The lowest BCUT2D eigenvalue weighted by molar-refractivity contribution is 0.102. The zero-order valence-corrected chi connectivity index (χ0v) is 13.5. The van der Waals surface area contributed by atoms with Crippen molar-refractivity contribution in [3.8, 4) is 5.75 Å². The topological polar surface area (TPSA) is 75.3 Å². The summed E-state index contributed by atoms with van der Waals surface area (Å²) in [5, 5.41) is 12.1. The third kappa shape index (κ3) is 3.67. The second kappa shape index (κ2) is 6.35. The van der Waals surface area contributed by atoms with Gasteiger partial charge in [-0.3, -0.25) is 4.79 Å². The molecule has 0 saturated carbocycles. The van der Waals surface area contributed by atoms with E-state index in [1.165, 1.54) is 24.3 Å². The third-order valence-electron chi connectivity index (χ3n) is 2.71. The number of thiocarbonyl (C=S) groups is 1. The molecule has 21 heavy (non-hydrogen) atoms. The Morgan fingerprint density at radius 2 is 2.00 bits per heavy atom. The van der Waals surface area contributed by atoms with Crippen LogP contribution in [0.15, 0.2) is 36.4 Å². The van der Waals surface area contributed by atoms with Crippen molar-refractivity contribution in [3.63, 3.8) is 0 Å². The molecular weight excluding hydrogens is 406 g/mol. The van der Waals surface area contributed by atoms with Crippen LogP contribution in [-0.2, 0) is 0 Å². The average molecular weight is 416 g/mol. The van der Waals surface area contributed by atoms with Crippen molar-refractivity contribution < 1.29 is 14.3 Å². The predicted molar refractivity (Wildman–Crippen MR) is 91.1 cm³/mol. The van der Waals surface area contributed by atoms with Crippen molar-refractivity contribution in [1.29, 1.82) is 0 Å². The van der Waals surface area contributed by atoms with Crippen LogP contribution in [0.5, 0.6) is 5.75 Å². The summed E-state index contributed by atoms with van der Waals surface area (Å²) in [5.74, 6) is -1.43. The van der Waals surface area contributed by atoms with Crippen LogP contribution in [0.3, 0.4) is 0 Å². The summed E-state index contributed by atoms with van der Waals surface area (Å²) in [7, 11) is 0. The first-order chi connectivity index (χ1) is 9.88. The fourth-order valence-corrected chi connectivity index (χ4v) is 2.27. The second-order valence-corrected chi connectivity index (χ2v) is 5.86. The highest BCUT2D eigenvalue weighted by Gasteiger charge is 2.14. The molecule has 0 aliphatic rings. The maximum absolute atomic E-state index is 13.9. The molecule has 1 amide bonds. The van der Waals surface area contributed by atoms with Gasteiger partial charge in [-0.05, 0) is 59.0 Å². The Kier molecular flexibility index (Phi) is 4.73. The molecule has 7 heteroatoms. The van der Waals surface area contributed by atoms with Gasteiger partial charge in [0.25, 0.3) is 5.91 Å². The van der Waals surface area contributed by atoms with Gasteiger partial charge < -0.3 is 16.2 Å². The van der Waals surface area contributed by atoms with Crippen LogP contribution in [0.25, 0.3) is 0 Å². The number of anilines is 1. The highest BCUT2D eigenvalue weighted by Crippen LogP contribution is 2.22. The van der Waals surface area contributed by atoms with Gasteiger partial charge in [0, 0.05) is 9.13 Å². The van der Waals surface area contributed by atoms with E-state index in [1.54, 1.807) is 6.07 Å². The monoisotopic (exact) mass is 416 g/mol. The Hall–Kier alpha value is -1.74. The summed E-state index contributed by atoms with van der Waals surface area (Å²) in [6.45, 7) is 0. The molecule has 0 atom stereocenters. The Balaban J connectivity index is 2.27. The number of hydrogen-bond acceptors (Lipinski definition) is 3. The Bertz CT molecular complexity index is 737. The van der Waals surface area contributed by atoms with Crippen LogP contribution >= 0.6 is 34.8 Å². The van der Waals surface area contributed by atoms with Crippen molar-refractivity contribution in [2.45, 2.75) is 0 Å². The smallest absolute Gasteiger partial charge is 0.259 e. The number of halogens is 2. The minimum Gasteiger partial charge on any atom is -0.507 e. The van der Waals surface area contributed by atoms with E-state index in [4.69, 9.17) is 18.0 Å². The van der Waals surface area contributed by atoms with Gasteiger partial charge in [0.15, 0.2) is 0 Å². The molecule has 2 aromatic carbocycles. The number of benzene rings is 2. The van der Waals surface area contributed by atoms with Gasteiger partial charge in [-0.2, -0.15) is 0 Å². The van der Waals surface area contributed by atoms with Gasteiger partial charge >= 0.3 is 0 Å². The third-order valence-corrected chi connectivity index (χ3v) is 3.61. The van der Waals surface area contributed by atoms with Gasteiger partial charge in [-0.15, -0.1) is 0 Å². The molecule has 0 aliphatic heterocycles. The lowest BCUT2D eigenvalue weighted by atomic mass is 10.1. The summed E-state index contributed by atoms with van der Waals surface area (Å²) < 4.78 is 14.7. The second-order valence-electron chi connectivity index (χ2n) is 4.17. The van der Waals surface area contributed by atoms with E-state index in [1.807, 2.05) is 22.6 Å². The number of phenolic OH excluding ortho intramolecular Hbond substituents is 1. The van der Waals surface area contributed by atoms with Crippen LogP contribution < -0.4 is 11.1 Å². The molecule has 108 valence electrons. The number of hydrogen-bond donors (Lipinski definition) is 3. The van der Waals surface area contributed by atoms with E-state index < -0.39 is 11.7 Å². The summed E-state index contributed by atoms with van der Waals surface area (Å²) in [4.78, 5) is 12.1. The van der Waals surface area contributed by atoms with E-state index in [9.17, 15) is 14.3 Å². The van der Waals surface area contributed by atoms with E-state index in [0.717, 1.165) is 9.64 Å². The maximum atomic E-state index is 13.9. The average Bonchev–Trinajstić information content (AvgIpc) is 2.43. The molecule has 4 N–H and O–H groups in total. The number of carbonyl (C=O) groups is 1. The molecule has 0 bridgehead atoms. The van der Waals surface area contributed by atoms with E-state index in [-0.39, 0.29) is 22.0 Å². The van der Waals surface area contributed by atoms with Crippen molar-refractivity contribution in [2.24, 2.45) is 5.73 Å². The Morgan fingerprint density at radius 1 is 1.29 bits per heavy atom. The molecule has 0 radical (unpaired) electrons. The number of aromatic hydroxyl groups is 1. The van der Waals surface area contributed by atoms with Gasteiger partial charge in [0.2, 0.25) is 0 Å². The minimum absolute atomic E-state index is 0.0155. The molecule has 0 saturated heterocycles. The maximum Gasteiger partial charge on any atom is 0.259 e. The van der Waals surface area contributed by atoms with Crippen LogP contribution in [0.1, 0.15) is 15.9 Å². The highest BCUT2D eigenvalue weighted by atomic mass is 127. The molecule has 0 fully saturated rings. The van der Waals surface area contributed by atoms with E-state index in [2.05, 4.69) is 5.32 Å². The normalized spacial score (nSPS) is 10.2. The summed E-state index contributed by atoms with van der Waals surface area (Å²) in [6, 6.07) is 8.59. The quantitative estimate of drug-likeness (QED) is 0.531. The van der Waals surface area contributed by atoms with E-state index >= 15 is 0 Å². The van der Waals surface area contributed by atoms with Crippen molar-refractivity contribution in [3.05, 3.63) is 56.9 Å². The largest absolute Gasteiger partial charge is 0.507 e.